The van der Waals surface area contributed by atoms with Gasteiger partial charge in [-0.3, -0.25) is 4.79 Å². The average molecular weight is 276 g/mol. The highest BCUT2D eigenvalue weighted by atomic mass is 16.4. The van der Waals surface area contributed by atoms with E-state index in [9.17, 15) is 9.59 Å². The summed E-state index contributed by atoms with van der Waals surface area (Å²) in [6.07, 6.45) is 2.39. The maximum Gasteiger partial charge on any atom is 0.322 e. The van der Waals surface area contributed by atoms with Crippen LogP contribution in [0.2, 0.25) is 0 Å². The van der Waals surface area contributed by atoms with Crippen molar-refractivity contribution in [3.05, 3.63) is 42.5 Å². The lowest BCUT2D eigenvalue weighted by atomic mass is 10.1. The molecule has 1 aromatic rings. The Morgan fingerprint density at radius 2 is 2.10 bits per heavy atom. The fraction of sp³-hybridized carbons (Fsp3) is 0.333. The highest BCUT2D eigenvalue weighted by molar-refractivity contribution is 5.91. The zero-order chi connectivity index (χ0) is 15.0. The molecule has 0 radical (unpaired) electrons. The molecule has 0 atom stereocenters. The van der Waals surface area contributed by atoms with Crippen LogP contribution in [0.15, 0.2) is 36.9 Å². The van der Waals surface area contributed by atoms with Crippen molar-refractivity contribution in [2.45, 2.75) is 19.8 Å². The lowest BCUT2D eigenvalue weighted by Gasteiger charge is -2.21. The molecule has 0 heterocycles. The molecule has 0 aromatic heterocycles. The van der Waals surface area contributed by atoms with Crippen molar-refractivity contribution in [3.63, 3.8) is 0 Å². The number of amides is 2. The molecule has 20 heavy (non-hydrogen) atoms. The molecule has 108 valence electrons. The van der Waals surface area contributed by atoms with Crippen molar-refractivity contribution >= 4 is 17.7 Å². The van der Waals surface area contributed by atoms with Crippen LogP contribution in [-0.4, -0.2) is 35.1 Å². The molecule has 0 aliphatic heterocycles. The maximum atomic E-state index is 12.2. The van der Waals surface area contributed by atoms with E-state index in [0.717, 1.165) is 6.42 Å². The maximum absolute atomic E-state index is 12.2. The van der Waals surface area contributed by atoms with E-state index in [1.807, 2.05) is 6.92 Å². The van der Waals surface area contributed by atoms with Gasteiger partial charge in [0, 0.05) is 18.8 Å². The van der Waals surface area contributed by atoms with Gasteiger partial charge < -0.3 is 15.3 Å². The minimum Gasteiger partial charge on any atom is -0.481 e. The second-order valence-corrected chi connectivity index (χ2v) is 4.39. The molecule has 5 nitrogen and oxygen atoms in total. The number of carboxylic acid groups (broad SMARTS) is 1. The number of hydrogen-bond acceptors (Lipinski definition) is 2. The number of urea groups is 1. The lowest BCUT2D eigenvalue weighted by molar-refractivity contribution is -0.136. The van der Waals surface area contributed by atoms with Crippen LogP contribution in [0.5, 0.6) is 0 Å². The highest BCUT2D eigenvalue weighted by Gasteiger charge is 2.13. The molecule has 0 saturated heterocycles. The molecular formula is C15H20N2O3. The Kier molecular flexibility index (Phi) is 6.29. The van der Waals surface area contributed by atoms with E-state index >= 15 is 0 Å². The first-order valence-electron chi connectivity index (χ1n) is 6.55. The Labute approximate surface area is 118 Å². The SMILES string of the molecule is C=CCN(CCC)C(=O)Nc1ccccc1CC(=O)O. The van der Waals surface area contributed by atoms with E-state index in [2.05, 4.69) is 11.9 Å². The number of aliphatic carboxylic acids is 1. The molecule has 0 saturated carbocycles. The Morgan fingerprint density at radius 3 is 2.70 bits per heavy atom. The third-order valence-corrected chi connectivity index (χ3v) is 2.73. The zero-order valence-electron chi connectivity index (χ0n) is 11.6. The third-order valence-electron chi connectivity index (χ3n) is 2.73. The minimum atomic E-state index is -0.928. The predicted molar refractivity (Wildman–Crippen MR) is 78.9 cm³/mol. The van der Waals surface area contributed by atoms with Gasteiger partial charge in [-0.05, 0) is 18.1 Å². The first-order valence-corrected chi connectivity index (χ1v) is 6.55. The van der Waals surface area contributed by atoms with Crippen molar-refractivity contribution in [3.8, 4) is 0 Å². The quantitative estimate of drug-likeness (QED) is 0.752. The van der Waals surface area contributed by atoms with Crippen molar-refractivity contribution in [1.82, 2.24) is 4.90 Å². The van der Waals surface area contributed by atoms with Crippen LogP contribution < -0.4 is 5.32 Å². The number of rotatable bonds is 7. The van der Waals surface area contributed by atoms with Gasteiger partial charge in [0.2, 0.25) is 0 Å². The van der Waals surface area contributed by atoms with E-state index in [-0.39, 0.29) is 12.5 Å². The van der Waals surface area contributed by atoms with Gasteiger partial charge in [-0.25, -0.2) is 4.79 Å². The Balaban J connectivity index is 2.83. The van der Waals surface area contributed by atoms with Crippen LogP contribution >= 0.6 is 0 Å². The summed E-state index contributed by atoms with van der Waals surface area (Å²) in [6, 6.07) is 6.67. The number of carbonyl (C=O) groups excluding carboxylic acids is 1. The van der Waals surface area contributed by atoms with E-state index in [1.165, 1.54) is 0 Å². The number of anilines is 1. The number of nitrogens with one attached hydrogen (secondary N) is 1. The van der Waals surface area contributed by atoms with Gasteiger partial charge in [0.15, 0.2) is 0 Å². The molecule has 1 aromatic carbocycles. The number of carboxylic acids is 1. The first kappa shape index (κ1) is 15.8. The molecule has 1 rings (SSSR count). The summed E-state index contributed by atoms with van der Waals surface area (Å²) in [5.41, 5.74) is 1.12. The lowest BCUT2D eigenvalue weighted by Crippen LogP contribution is -2.35. The summed E-state index contributed by atoms with van der Waals surface area (Å²) in [5.74, 6) is -0.928. The number of para-hydroxylation sites is 1. The molecular weight excluding hydrogens is 256 g/mol. The van der Waals surface area contributed by atoms with E-state index in [1.54, 1.807) is 35.2 Å². The summed E-state index contributed by atoms with van der Waals surface area (Å²) in [6.45, 7) is 6.70. The van der Waals surface area contributed by atoms with Gasteiger partial charge in [0.05, 0.1) is 6.42 Å². The van der Waals surface area contributed by atoms with Gasteiger partial charge in [-0.1, -0.05) is 31.2 Å². The van der Waals surface area contributed by atoms with Gasteiger partial charge >= 0.3 is 12.0 Å². The number of carbonyl (C=O) groups is 2. The average Bonchev–Trinajstić information content (AvgIpc) is 2.40. The second kappa shape index (κ2) is 7.99. The summed E-state index contributed by atoms with van der Waals surface area (Å²) in [7, 11) is 0. The monoisotopic (exact) mass is 276 g/mol. The molecule has 2 amide bonds. The smallest absolute Gasteiger partial charge is 0.322 e. The van der Waals surface area contributed by atoms with Crippen LogP contribution in [0.1, 0.15) is 18.9 Å². The van der Waals surface area contributed by atoms with E-state index < -0.39 is 5.97 Å². The van der Waals surface area contributed by atoms with Gasteiger partial charge in [0.1, 0.15) is 0 Å². The van der Waals surface area contributed by atoms with Crippen LogP contribution in [0, 0.1) is 0 Å². The number of benzene rings is 1. The van der Waals surface area contributed by atoms with Crippen molar-refractivity contribution in [2.24, 2.45) is 0 Å². The second-order valence-electron chi connectivity index (χ2n) is 4.39. The number of hydrogen-bond donors (Lipinski definition) is 2. The summed E-state index contributed by atoms with van der Waals surface area (Å²) in [5, 5.41) is 11.6. The molecule has 0 aliphatic carbocycles. The molecule has 0 fully saturated rings. The van der Waals surface area contributed by atoms with Gasteiger partial charge in [-0.2, -0.15) is 0 Å². The molecule has 0 spiro atoms. The standard InChI is InChI=1S/C15H20N2O3/c1-3-9-17(10-4-2)15(20)16-13-8-6-5-7-12(13)11-14(18)19/h3,5-8H,1,4,9-11H2,2H3,(H,16,20)(H,18,19). The first-order chi connectivity index (χ1) is 9.58. The molecule has 0 aliphatic rings. The van der Waals surface area contributed by atoms with Crippen molar-refractivity contribution in [2.75, 3.05) is 18.4 Å². The van der Waals surface area contributed by atoms with Gasteiger partial charge in [0.25, 0.3) is 0 Å². The van der Waals surface area contributed by atoms with E-state index in [4.69, 9.17) is 5.11 Å². The zero-order valence-corrected chi connectivity index (χ0v) is 11.6. The topological polar surface area (TPSA) is 69.6 Å². The summed E-state index contributed by atoms with van der Waals surface area (Å²) >= 11 is 0. The normalized spacial score (nSPS) is 9.85. The van der Waals surface area contributed by atoms with Crippen LogP contribution in [0.4, 0.5) is 10.5 Å². The molecule has 2 N–H and O–H groups in total. The van der Waals surface area contributed by atoms with Gasteiger partial charge in [-0.15, -0.1) is 6.58 Å². The predicted octanol–water partition coefficient (Wildman–Crippen LogP) is 2.74. The molecule has 0 unspecified atom stereocenters. The Bertz CT molecular complexity index is 486. The molecule has 5 heteroatoms. The number of nitrogens with zero attached hydrogens (tertiary/aromatic N) is 1. The minimum absolute atomic E-state index is 0.119. The van der Waals surface area contributed by atoms with Crippen LogP contribution in [0.25, 0.3) is 0 Å². The largest absolute Gasteiger partial charge is 0.481 e. The van der Waals surface area contributed by atoms with E-state index in [0.29, 0.717) is 24.3 Å². The fourth-order valence-electron chi connectivity index (χ4n) is 1.86. The third kappa shape index (κ3) is 4.76. The summed E-state index contributed by atoms with van der Waals surface area (Å²) < 4.78 is 0. The van der Waals surface area contributed by atoms with Crippen LogP contribution in [0.3, 0.4) is 0 Å². The molecule has 0 bridgehead atoms. The highest BCUT2D eigenvalue weighted by Crippen LogP contribution is 2.16. The Morgan fingerprint density at radius 1 is 1.40 bits per heavy atom. The van der Waals surface area contributed by atoms with Crippen molar-refractivity contribution in [1.29, 1.82) is 0 Å². The van der Waals surface area contributed by atoms with Crippen LogP contribution in [-0.2, 0) is 11.2 Å². The summed E-state index contributed by atoms with van der Waals surface area (Å²) in [4.78, 5) is 24.6. The fourth-order valence-corrected chi connectivity index (χ4v) is 1.86. The van der Waals surface area contributed by atoms with Crippen molar-refractivity contribution < 1.29 is 14.7 Å². The Hall–Kier alpha value is -2.30.